The first-order chi connectivity index (χ1) is 7.98. The maximum atomic E-state index is 12.0. The fourth-order valence-corrected chi connectivity index (χ4v) is 3.26. The van der Waals surface area contributed by atoms with E-state index in [1.54, 1.807) is 25.3 Å². The smallest absolute Gasteiger partial charge is 0.216 e. The van der Waals surface area contributed by atoms with Crippen LogP contribution in [0.15, 0.2) is 0 Å². The predicted octanol–water partition coefficient (Wildman–Crippen LogP) is 0.379. The highest BCUT2D eigenvalue weighted by Gasteiger charge is 2.27. The molecule has 0 atom stereocenters. The zero-order valence-electron chi connectivity index (χ0n) is 11.1. The average Bonchev–Trinajstić information content (AvgIpc) is 2.51. The average molecular weight is 264 g/mol. The van der Waals surface area contributed by atoms with Crippen LogP contribution in [0.2, 0.25) is 0 Å². The Morgan fingerprint density at radius 2 is 1.88 bits per heavy atom. The van der Waals surface area contributed by atoms with Crippen molar-refractivity contribution in [3.05, 3.63) is 0 Å². The Kier molecular flexibility index (Phi) is 5.85. The van der Waals surface area contributed by atoms with Crippen LogP contribution in [0.4, 0.5) is 0 Å². The van der Waals surface area contributed by atoms with Gasteiger partial charge < -0.3 is 4.74 Å². The van der Waals surface area contributed by atoms with Crippen LogP contribution in [0.1, 0.15) is 20.3 Å². The van der Waals surface area contributed by atoms with Gasteiger partial charge in [0.1, 0.15) is 0 Å². The third kappa shape index (κ3) is 4.21. The molecule has 0 aromatic rings. The van der Waals surface area contributed by atoms with E-state index < -0.39 is 10.0 Å². The summed E-state index contributed by atoms with van der Waals surface area (Å²) in [5.41, 5.74) is 0. The molecule has 0 spiro atoms. The van der Waals surface area contributed by atoms with Gasteiger partial charge in [-0.25, -0.2) is 12.7 Å². The van der Waals surface area contributed by atoms with Crippen molar-refractivity contribution in [2.24, 2.45) is 0 Å². The minimum Gasteiger partial charge on any atom is -0.383 e. The first kappa shape index (κ1) is 14.9. The number of ether oxygens (including phenoxy) is 1. The Balaban J connectivity index is 2.53. The highest BCUT2D eigenvalue weighted by molar-refractivity contribution is 7.89. The molecule has 1 aliphatic heterocycles. The lowest BCUT2D eigenvalue weighted by atomic mass is 10.4. The van der Waals surface area contributed by atoms with Gasteiger partial charge in [0.05, 0.1) is 11.9 Å². The molecule has 1 saturated heterocycles. The van der Waals surface area contributed by atoms with Crippen LogP contribution >= 0.6 is 0 Å². The summed E-state index contributed by atoms with van der Waals surface area (Å²) in [4.78, 5) is 2.26. The van der Waals surface area contributed by atoms with Gasteiger partial charge in [0.2, 0.25) is 10.0 Å². The van der Waals surface area contributed by atoms with Crippen LogP contribution in [0, 0.1) is 0 Å². The molecule has 0 bridgehead atoms. The van der Waals surface area contributed by atoms with Crippen LogP contribution in [0.5, 0.6) is 0 Å². The molecule has 0 unspecified atom stereocenters. The molecule has 0 aromatic carbocycles. The highest BCUT2D eigenvalue weighted by atomic mass is 32.2. The maximum absolute atomic E-state index is 12.0. The van der Waals surface area contributed by atoms with Crippen LogP contribution in [0.3, 0.4) is 0 Å². The molecular weight excluding hydrogens is 240 g/mol. The Morgan fingerprint density at radius 3 is 2.47 bits per heavy atom. The van der Waals surface area contributed by atoms with Crippen molar-refractivity contribution in [1.82, 2.24) is 9.21 Å². The lowest BCUT2D eigenvalue weighted by molar-refractivity contribution is 0.151. The van der Waals surface area contributed by atoms with Crippen LogP contribution in [-0.4, -0.2) is 69.3 Å². The third-order valence-corrected chi connectivity index (χ3v) is 5.39. The second kappa shape index (κ2) is 6.68. The number of rotatable bonds is 5. The molecule has 1 heterocycles. The Bertz CT molecular complexity index is 317. The largest absolute Gasteiger partial charge is 0.383 e. The lowest BCUT2D eigenvalue weighted by Crippen LogP contribution is -2.39. The molecule has 1 rings (SSSR count). The summed E-state index contributed by atoms with van der Waals surface area (Å²) < 4.78 is 30.8. The Morgan fingerprint density at radius 1 is 1.18 bits per heavy atom. The normalized spacial score (nSPS) is 20.7. The van der Waals surface area contributed by atoms with Gasteiger partial charge in [0.25, 0.3) is 0 Å². The lowest BCUT2D eigenvalue weighted by Gasteiger charge is -2.23. The molecule has 0 radical (unpaired) electrons. The molecule has 0 saturated carbocycles. The topological polar surface area (TPSA) is 49.9 Å². The Hall–Kier alpha value is -0.170. The summed E-state index contributed by atoms with van der Waals surface area (Å²) in [7, 11) is -1.40. The maximum Gasteiger partial charge on any atom is 0.216 e. The van der Waals surface area contributed by atoms with Crippen molar-refractivity contribution < 1.29 is 13.2 Å². The van der Waals surface area contributed by atoms with Gasteiger partial charge in [-0.2, -0.15) is 0 Å². The monoisotopic (exact) mass is 264 g/mol. The molecule has 0 aliphatic carbocycles. The van der Waals surface area contributed by atoms with Crippen LogP contribution in [-0.2, 0) is 14.8 Å². The number of methoxy groups -OCH3 is 1. The fraction of sp³-hybridized carbons (Fsp3) is 1.00. The van der Waals surface area contributed by atoms with Crippen molar-refractivity contribution in [3.8, 4) is 0 Å². The molecule has 102 valence electrons. The molecule has 0 N–H and O–H groups in total. The van der Waals surface area contributed by atoms with Crippen molar-refractivity contribution in [2.45, 2.75) is 25.5 Å². The van der Waals surface area contributed by atoms with E-state index in [1.807, 2.05) is 0 Å². The summed E-state index contributed by atoms with van der Waals surface area (Å²) in [6.45, 7) is 8.06. The standard InChI is InChI=1S/C11H24N2O3S/c1-11(2)17(14,15)13-6-4-5-12(7-8-13)9-10-16-3/h11H,4-10H2,1-3H3. The third-order valence-electron chi connectivity index (χ3n) is 3.11. The molecule has 17 heavy (non-hydrogen) atoms. The van der Waals surface area contributed by atoms with Crippen LogP contribution < -0.4 is 0 Å². The van der Waals surface area contributed by atoms with E-state index in [9.17, 15) is 8.42 Å². The predicted molar refractivity (Wildman–Crippen MR) is 68.6 cm³/mol. The van der Waals surface area contributed by atoms with Gasteiger partial charge in [-0.1, -0.05) is 0 Å². The van der Waals surface area contributed by atoms with Gasteiger partial charge in [-0.15, -0.1) is 0 Å². The molecule has 6 heteroatoms. The van der Waals surface area contributed by atoms with E-state index in [0.29, 0.717) is 19.7 Å². The summed E-state index contributed by atoms with van der Waals surface area (Å²) in [6, 6.07) is 0. The number of nitrogens with zero attached hydrogens (tertiary/aromatic N) is 2. The van der Waals surface area contributed by atoms with Crippen molar-refractivity contribution in [3.63, 3.8) is 0 Å². The summed E-state index contributed by atoms with van der Waals surface area (Å²) in [5.74, 6) is 0. The van der Waals surface area contributed by atoms with Gasteiger partial charge >= 0.3 is 0 Å². The van der Waals surface area contributed by atoms with E-state index in [2.05, 4.69) is 4.90 Å². The highest BCUT2D eigenvalue weighted by Crippen LogP contribution is 2.12. The molecule has 0 aromatic heterocycles. The van der Waals surface area contributed by atoms with Gasteiger partial charge in [0, 0.05) is 33.3 Å². The number of hydrogen-bond donors (Lipinski definition) is 0. The van der Waals surface area contributed by atoms with Crippen molar-refractivity contribution >= 4 is 10.0 Å². The fourth-order valence-electron chi connectivity index (χ4n) is 1.94. The van der Waals surface area contributed by atoms with E-state index in [1.165, 1.54) is 0 Å². The molecule has 0 amide bonds. The first-order valence-corrected chi connectivity index (χ1v) is 7.69. The summed E-state index contributed by atoms with van der Waals surface area (Å²) in [6.07, 6.45) is 0.898. The van der Waals surface area contributed by atoms with Crippen molar-refractivity contribution in [2.75, 3.05) is 46.4 Å². The van der Waals surface area contributed by atoms with E-state index >= 15 is 0 Å². The number of sulfonamides is 1. The van der Waals surface area contributed by atoms with Gasteiger partial charge in [-0.3, -0.25) is 4.90 Å². The quantitative estimate of drug-likeness (QED) is 0.720. The zero-order chi connectivity index (χ0) is 12.9. The molecule has 1 aliphatic rings. The second-order valence-corrected chi connectivity index (χ2v) is 7.17. The first-order valence-electron chi connectivity index (χ1n) is 6.18. The Labute approximate surface area is 105 Å². The minimum atomic E-state index is -3.09. The summed E-state index contributed by atoms with van der Waals surface area (Å²) in [5, 5.41) is -0.326. The molecule has 1 fully saturated rings. The molecule has 5 nitrogen and oxygen atoms in total. The van der Waals surface area contributed by atoms with E-state index in [4.69, 9.17) is 4.74 Å². The van der Waals surface area contributed by atoms with E-state index in [-0.39, 0.29) is 5.25 Å². The number of hydrogen-bond acceptors (Lipinski definition) is 4. The van der Waals surface area contributed by atoms with E-state index in [0.717, 1.165) is 26.1 Å². The second-order valence-electron chi connectivity index (χ2n) is 4.68. The van der Waals surface area contributed by atoms with Crippen molar-refractivity contribution in [1.29, 1.82) is 0 Å². The van der Waals surface area contributed by atoms with Crippen LogP contribution in [0.25, 0.3) is 0 Å². The minimum absolute atomic E-state index is 0.326. The zero-order valence-corrected chi connectivity index (χ0v) is 11.9. The van der Waals surface area contributed by atoms with Gasteiger partial charge in [0.15, 0.2) is 0 Å². The van der Waals surface area contributed by atoms with Gasteiger partial charge in [-0.05, 0) is 26.8 Å². The molecular formula is C11H24N2O3S. The summed E-state index contributed by atoms with van der Waals surface area (Å²) >= 11 is 0. The SMILES string of the molecule is COCCN1CCCN(S(=O)(=O)C(C)C)CC1.